The van der Waals surface area contributed by atoms with Gasteiger partial charge in [-0.1, -0.05) is 0 Å². The molecule has 0 heterocycles. The maximum absolute atomic E-state index is 11.7. The summed E-state index contributed by atoms with van der Waals surface area (Å²) in [5, 5.41) is 0. The van der Waals surface area contributed by atoms with E-state index in [1.54, 1.807) is 0 Å². The predicted octanol–water partition coefficient (Wildman–Crippen LogP) is 1.69. The standard InChI is InChI=1S/C11H12Cl2O8S2/c1-3-19-10(14)11(21-23(13,17)18)20-9-5-4-8(6-7(9)2)22(12,15)16/h4-6,11H,3H2,1-2H3. The highest BCUT2D eigenvalue weighted by molar-refractivity contribution is 8.13. The maximum atomic E-state index is 11.7. The molecule has 1 aromatic rings. The van der Waals surface area contributed by atoms with Crippen LogP contribution < -0.4 is 4.74 Å². The lowest BCUT2D eigenvalue weighted by Crippen LogP contribution is -2.33. The van der Waals surface area contributed by atoms with Crippen LogP contribution in [0.3, 0.4) is 0 Å². The molecular weight excluding hydrogens is 395 g/mol. The number of aryl methyl sites for hydroxylation is 1. The Morgan fingerprint density at radius 1 is 1.22 bits per heavy atom. The van der Waals surface area contributed by atoms with Crippen molar-refractivity contribution >= 4 is 45.7 Å². The van der Waals surface area contributed by atoms with Gasteiger partial charge in [-0.05, 0) is 37.6 Å². The monoisotopic (exact) mass is 406 g/mol. The van der Waals surface area contributed by atoms with Crippen LogP contribution in [0.4, 0.5) is 0 Å². The first-order valence-corrected chi connectivity index (χ1v) is 10.5. The van der Waals surface area contributed by atoms with Crippen molar-refractivity contribution in [1.29, 1.82) is 0 Å². The molecule has 12 heteroatoms. The Labute approximate surface area is 142 Å². The van der Waals surface area contributed by atoms with Gasteiger partial charge in [-0.2, -0.15) is 8.42 Å². The first-order valence-electron chi connectivity index (χ1n) is 5.95. The molecule has 1 aromatic carbocycles. The van der Waals surface area contributed by atoms with E-state index in [1.807, 2.05) is 0 Å². The van der Waals surface area contributed by atoms with Gasteiger partial charge >= 0.3 is 21.6 Å². The van der Waals surface area contributed by atoms with Gasteiger partial charge in [0.25, 0.3) is 9.05 Å². The quantitative estimate of drug-likeness (QED) is 0.381. The lowest BCUT2D eigenvalue weighted by atomic mass is 10.2. The number of halogens is 2. The zero-order valence-electron chi connectivity index (χ0n) is 11.9. The zero-order valence-corrected chi connectivity index (χ0v) is 15.0. The molecule has 0 bridgehead atoms. The number of rotatable bonds is 7. The van der Waals surface area contributed by atoms with E-state index in [9.17, 15) is 21.6 Å². The molecule has 1 rings (SSSR count). The van der Waals surface area contributed by atoms with E-state index in [-0.39, 0.29) is 22.8 Å². The number of benzene rings is 1. The molecule has 23 heavy (non-hydrogen) atoms. The van der Waals surface area contributed by atoms with Gasteiger partial charge in [-0.3, -0.25) is 0 Å². The molecule has 0 saturated carbocycles. The third kappa shape index (κ3) is 6.51. The number of ether oxygens (including phenoxy) is 2. The number of hydrogen-bond donors (Lipinski definition) is 0. The summed E-state index contributed by atoms with van der Waals surface area (Å²) < 4.78 is 58.4. The van der Waals surface area contributed by atoms with Gasteiger partial charge in [0.05, 0.1) is 11.5 Å². The number of hydrogen-bond acceptors (Lipinski definition) is 8. The van der Waals surface area contributed by atoms with Gasteiger partial charge in [0.15, 0.2) is 0 Å². The highest BCUT2D eigenvalue weighted by atomic mass is 35.7. The molecule has 0 aromatic heterocycles. The second kappa shape index (κ2) is 7.67. The number of carbonyl (C=O) groups is 1. The van der Waals surface area contributed by atoms with Crippen molar-refractivity contribution in [2.24, 2.45) is 0 Å². The van der Waals surface area contributed by atoms with E-state index in [2.05, 4.69) is 8.92 Å². The van der Waals surface area contributed by atoms with Crippen molar-refractivity contribution in [2.75, 3.05) is 6.61 Å². The predicted molar refractivity (Wildman–Crippen MR) is 81.1 cm³/mol. The van der Waals surface area contributed by atoms with Crippen LogP contribution >= 0.6 is 21.4 Å². The summed E-state index contributed by atoms with van der Waals surface area (Å²) >= 11 is 0. The van der Waals surface area contributed by atoms with Crippen LogP contribution in [0.25, 0.3) is 0 Å². The van der Waals surface area contributed by atoms with Crippen LogP contribution in [0, 0.1) is 6.92 Å². The van der Waals surface area contributed by atoms with Gasteiger partial charge < -0.3 is 9.47 Å². The molecule has 0 radical (unpaired) electrons. The van der Waals surface area contributed by atoms with Gasteiger partial charge in [0.2, 0.25) is 0 Å². The van der Waals surface area contributed by atoms with Crippen molar-refractivity contribution < 1.29 is 35.3 Å². The smallest absolute Gasteiger partial charge is 0.377 e. The summed E-state index contributed by atoms with van der Waals surface area (Å²) in [6.45, 7) is 2.90. The Balaban J connectivity index is 3.11. The lowest BCUT2D eigenvalue weighted by molar-refractivity contribution is -0.164. The molecule has 0 aliphatic rings. The summed E-state index contributed by atoms with van der Waals surface area (Å²) in [4.78, 5) is 11.5. The van der Waals surface area contributed by atoms with Crippen molar-refractivity contribution in [3.05, 3.63) is 23.8 Å². The molecule has 0 fully saturated rings. The van der Waals surface area contributed by atoms with E-state index in [0.29, 0.717) is 0 Å². The minimum Gasteiger partial charge on any atom is -0.461 e. The van der Waals surface area contributed by atoms with Gasteiger partial charge in [0.1, 0.15) is 5.75 Å². The molecule has 1 unspecified atom stereocenters. The van der Waals surface area contributed by atoms with Gasteiger partial charge in [-0.25, -0.2) is 17.4 Å². The molecule has 0 spiro atoms. The second-order valence-corrected chi connectivity index (χ2v) is 8.73. The van der Waals surface area contributed by atoms with E-state index >= 15 is 0 Å². The topological polar surface area (TPSA) is 113 Å². The second-order valence-electron chi connectivity index (χ2n) is 4.06. The van der Waals surface area contributed by atoms with Gasteiger partial charge in [-0.15, -0.1) is 0 Å². The molecule has 130 valence electrons. The molecule has 0 aliphatic carbocycles. The van der Waals surface area contributed by atoms with Crippen LogP contribution in [0.2, 0.25) is 0 Å². The summed E-state index contributed by atoms with van der Waals surface area (Å²) in [6.07, 6.45) is -1.98. The molecule has 0 aliphatic heterocycles. The summed E-state index contributed by atoms with van der Waals surface area (Å²) in [7, 11) is 1.66. The maximum Gasteiger partial charge on any atom is 0.377 e. The van der Waals surface area contributed by atoms with Gasteiger partial charge in [0, 0.05) is 21.4 Å². The molecule has 0 saturated heterocycles. The Hall–Kier alpha value is -1.07. The first kappa shape index (κ1) is 20.0. The molecule has 8 nitrogen and oxygen atoms in total. The minimum absolute atomic E-state index is 0.0209. The Bertz CT molecular complexity index is 788. The average molecular weight is 407 g/mol. The van der Waals surface area contributed by atoms with Crippen LogP contribution in [0.15, 0.2) is 23.1 Å². The Kier molecular flexibility index (Phi) is 6.66. The molecular formula is C11H12Cl2O8S2. The van der Waals surface area contributed by atoms with Crippen LogP contribution in [-0.2, 0) is 32.1 Å². The third-order valence-electron chi connectivity index (χ3n) is 2.34. The van der Waals surface area contributed by atoms with Crippen LogP contribution in [0.5, 0.6) is 5.75 Å². The van der Waals surface area contributed by atoms with Crippen molar-refractivity contribution in [1.82, 2.24) is 0 Å². The summed E-state index contributed by atoms with van der Waals surface area (Å²) in [6, 6.07) is 3.47. The number of carbonyl (C=O) groups excluding carboxylic acids is 1. The van der Waals surface area contributed by atoms with Crippen LogP contribution in [0.1, 0.15) is 12.5 Å². The molecule has 0 amide bonds. The summed E-state index contributed by atoms with van der Waals surface area (Å²) in [5.41, 5.74) is 0.261. The van der Waals surface area contributed by atoms with Crippen molar-refractivity contribution in [2.45, 2.75) is 25.0 Å². The zero-order chi connectivity index (χ0) is 17.8. The average Bonchev–Trinajstić information content (AvgIpc) is 2.37. The fraction of sp³-hybridized carbons (Fsp3) is 0.364. The van der Waals surface area contributed by atoms with Crippen molar-refractivity contribution in [3.8, 4) is 5.75 Å². The third-order valence-corrected chi connectivity index (χ3v) is 4.32. The molecule has 1 atom stereocenters. The minimum atomic E-state index is -4.52. The van der Waals surface area contributed by atoms with E-state index in [0.717, 1.165) is 6.07 Å². The number of esters is 1. The fourth-order valence-corrected chi connectivity index (χ4v) is 2.80. The lowest BCUT2D eigenvalue weighted by Gasteiger charge is -2.17. The van der Waals surface area contributed by atoms with Crippen molar-refractivity contribution in [3.63, 3.8) is 0 Å². The van der Waals surface area contributed by atoms with E-state index in [1.165, 1.54) is 26.0 Å². The Morgan fingerprint density at radius 3 is 2.26 bits per heavy atom. The van der Waals surface area contributed by atoms with Crippen LogP contribution in [-0.4, -0.2) is 35.7 Å². The Morgan fingerprint density at radius 2 is 1.83 bits per heavy atom. The first-order chi connectivity index (χ1) is 10.4. The normalized spacial score (nSPS) is 13.4. The summed E-state index contributed by atoms with van der Waals surface area (Å²) in [5.74, 6) is -1.14. The van der Waals surface area contributed by atoms with E-state index in [4.69, 9.17) is 26.1 Å². The largest absolute Gasteiger partial charge is 0.461 e. The SMILES string of the molecule is CCOC(=O)C(Oc1ccc(S(=O)(=O)Cl)cc1C)OS(=O)(=O)Cl. The molecule has 0 N–H and O–H groups in total. The van der Waals surface area contributed by atoms with E-state index < -0.39 is 30.6 Å². The highest BCUT2D eigenvalue weighted by Gasteiger charge is 2.29. The highest BCUT2D eigenvalue weighted by Crippen LogP contribution is 2.25. The fourth-order valence-electron chi connectivity index (χ4n) is 1.44.